The second-order valence-electron chi connectivity index (χ2n) is 4.19. The minimum absolute atomic E-state index is 0.144. The number of carbonyl (C=O) groups excluding carboxylic acids is 2. The fourth-order valence-corrected chi connectivity index (χ4v) is 1.69. The Balaban J connectivity index is 3.45. The number of ether oxygens (including phenoxy) is 1. The lowest BCUT2D eigenvalue weighted by Crippen LogP contribution is -2.30. The van der Waals surface area contributed by atoms with Gasteiger partial charge in [-0.2, -0.15) is 0 Å². The Morgan fingerprint density at radius 3 is 2.29 bits per heavy atom. The molecule has 0 atom stereocenters. The van der Waals surface area contributed by atoms with Crippen LogP contribution in [0.5, 0.6) is 0 Å². The Morgan fingerprint density at radius 1 is 1.12 bits per heavy atom. The lowest BCUT2D eigenvalue weighted by Gasteiger charge is -2.12. The molecule has 100 valence electrons. The van der Waals surface area contributed by atoms with Gasteiger partial charge in [0, 0.05) is 18.9 Å². The number of hydrogen-bond acceptors (Lipinski definition) is 3. The Morgan fingerprint density at radius 2 is 1.76 bits per heavy atom. The molecule has 0 saturated carbocycles. The van der Waals surface area contributed by atoms with Crippen LogP contribution in [0.25, 0.3) is 0 Å². The molecule has 0 aromatic carbocycles. The van der Waals surface area contributed by atoms with Gasteiger partial charge in [-0.15, -0.1) is 0 Å². The summed E-state index contributed by atoms with van der Waals surface area (Å²) in [6.07, 6.45) is 4.95. The van der Waals surface area contributed by atoms with E-state index in [2.05, 4.69) is 10.1 Å². The fourth-order valence-electron chi connectivity index (χ4n) is 1.69. The van der Waals surface area contributed by atoms with E-state index in [4.69, 9.17) is 0 Å². The van der Waals surface area contributed by atoms with E-state index < -0.39 is 0 Å². The summed E-state index contributed by atoms with van der Waals surface area (Å²) in [5.74, 6) is 0.138. The molecule has 0 bridgehead atoms. The van der Waals surface area contributed by atoms with Crippen LogP contribution >= 0.6 is 0 Å². The number of hydrogen-bond donors (Lipinski definition) is 1. The molecule has 4 heteroatoms. The minimum atomic E-state index is -0.161. The first-order chi connectivity index (χ1) is 8.15. The summed E-state index contributed by atoms with van der Waals surface area (Å²) in [4.78, 5) is 22.4. The highest BCUT2D eigenvalue weighted by atomic mass is 16.5. The van der Waals surface area contributed by atoms with Gasteiger partial charge in [0.1, 0.15) is 0 Å². The van der Waals surface area contributed by atoms with Gasteiger partial charge < -0.3 is 10.1 Å². The topological polar surface area (TPSA) is 55.4 Å². The molecule has 0 aliphatic rings. The maximum absolute atomic E-state index is 11.6. The Hall–Kier alpha value is -1.06. The average Bonchev–Trinajstić information content (AvgIpc) is 2.34. The lowest BCUT2D eigenvalue weighted by molar-refractivity contribution is -0.140. The summed E-state index contributed by atoms with van der Waals surface area (Å²) >= 11 is 0. The van der Waals surface area contributed by atoms with E-state index >= 15 is 0 Å². The molecule has 0 fully saturated rings. The Bertz CT molecular complexity index is 225. The van der Waals surface area contributed by atoms with E-state index in [0.717, 1.165) is 32.1 Å². The smallest absolute Gasteiger partial charge is 0.305 e. The number of esters is 1. The summed E-state index contributed by atoms with van der Waals surface area (Å²) in [7, 11) is 1.40. The van der Waals surface area contributed by atoms with Gasteiger partial charge in [-0.1, -0.05) is 20.3 Å². The van der Waals surface area contributed by atoms with Crippen molar-refractivity contribution in [2.75, 3.05) is 13.7 Å². The molecule has 0 spiro atoms. The van der Waals surface area contributed by atoms with E-state index in [9.17, 15) is 9.59 Å². The first-order valence-corrected chi connectivity index (χ1v) is 6.50. The molecule has 0 aromatic heterocycles. The SMILES string of the molecule is CCC(CC)C(=O)NCCCCCC(=O)OC. The van der Waals surface area contributed by atoms with Crippen molar-refractivity contribution < 1.29 is 14.3 Å². The molecule has 0 radical (unpaired) electrons. The summed E-state index contributed by atoms with van der Waals surface area (Å²) in [5.41, 5.74) is 0. The molecular weight excluding hydrogens is 218 g/mol. The van der Waals surface area contributed by atoms with Crippen LogP contribution in [0, 0.1) is 5.92 Å². The highest BCUT2D eigenvalue weighted by Gasteiger charge is 2.12. The quantitative estimate of drug-likeness (QED) is 0.499. The van der Waals surface area contributed by atoms with Gasteiger partial charge in [0.05, 0.1) is 7.11 Å². The van der Waals surface area contributed by atoms with Crippen molar-refractivity contribution in [3.05, 3.63) is 0 Å². The second-order valence-corrected chi connectivity index (χ2v) is 4.19. The highest BCUT2D eigenvalue weighted by molar-refractivity contribution is 5.78. The Kier molecular flexibility index (Phi) is 9.49. The lowest BCUT2D eigenvalue weighted by atomic mass is 10.0. The van der Waals surface area contributed by atoms with Gasteiger partial charge in [0.25, 0.3) is 0 Å². The summed E-state index contributed by atoms with van der Waals surface area (Å²) in [6.45, 7) is 4.77. The van der Waals surface area contributed by atoms with Crippen LogP contribution in [0.4, 0.5) is 0 Å². The molecule has 17 heavy (non-hydrogen) atoms. The number of amides is 1. The molecule has 0 aromatic rings. The molecular formula is C13H25NO3. The molecule has 4 nitrogen and oxygen atoms in total. The third kappa shape index (κ3) is 7.77. The molecule has 0 heterocycles. The number of rotatable bonds is 9. The van der Waals surface area contributed by atoms with E-state index in [1.807, 2.05) is 13.8 Å². The van der Waals surface area contributed by atoms with Gasteiger partial charge in [-0.25, -0.2) is 0 Å². The first-order valence-electron chi connectivity index (χ1n) is 6.50. The number of carbonyl (C=O) groups is 2. The summed E-state index contributed by atoms with van der Waals surface area (Å²) < 4.78 is 4.55. The third-order valence-corrected chi connectivity index (χ3v) is 2.94. The van der Waals surface area contributed by atoms with Crippen molar-refractivity contribution in [3.8, 4) is 0 Å². The van der Waals surface area contributed by atoms with Crippen LogP contribution in [-0.2, 0) is 14.3 Å². The van der Waals surface area contributed by atoms with E-state index in [1.165, 1.54) is 7.11 Å². The van der Waals surface area contributed by atoms with Crippen molar-refractivity contribution in [3.63, 3.8) is 0 Å². The van der Waals surface area contributed by atoms with E-state index in [0.29, 0.717) is 13.0 Å². The zero-order chi connectivity index (χ0) is 13.1. The zero-order valence-corrected chi connectivity index (χ0v) is 11.3. The molecule has 0 aliphatic carbocycles. The van der Waals surface area contributed by atoms with Crippen molar-refractivity contribution >= 4 is 11.9 Å². The van der Waals surface area contributed by atoms with Gasteiger partial charge in [-0.3, -0.25) is 9.59 Å². The number of methoxy groups -OCH3 is 1. The molecule has 0 saturated heterocycles. The van der Waals surface area contributed by atoms with Crippen LogP contribution in [0.15, 0.2) is 0 Å². The van der Waals surface area contributed by atoms with Gasteiger partial charge >= 0.3 is 5.97 Å². The molecule has 1 amide bonds. The predicted octanol–water partition coefficient (Wildman–Crippen LogP) is 2.27. The second kappa shape index (κ2) is 10.1. The third-order valence-electron chi connectivity index (χ3n) is 2.94. The van der Waals surface area contributed by atoms with Crippen molar-refractivity contribution in [1.82, 2.24) is 5.32 Å². The molecule has 0 rings (SSSR count). The van der Waals surface area contributed by atoms with Crippen molar-refractivity contribution in [1.29, 1.82) is 0 Å². The van der Waals surface area contributed by atoms with Crippen LogP contribution in [0.2, 0.25) is 0 Å². The maximum Gasteiger partial charge on any atom is 0.305 e. The predicted molar refractivity (Wildman–Crippen MR) is 67.6 cm³/mol. The standard InChI is InChI=1S/C13H25NO3/c1-4-11(5-2)13(16)14-10-8-6-7-9-12(15)17-3/h11H,4-10H2,1-3H3,(H,14,16). The van der Waals surface area contributed by atoms with Gasteiger partial charge in [-0.05, 0) is 25.7 Å². The monoisotopic (exact) mass is 243 g/mol. The van der Waals surface area contributed by atoms with Crippen LogP contribution in [0.1, 0.15) is 52.4 Å². The van der Waals surface area contributed by atoms with Gasteiger partial charge in [0.2, 0.25) is 5.91 Å². The van der Waals surface area contributed by atoms with Crippen LogP contribution in [-0.4, -0.2) is 25.5 Å². The Labute approximate surface area is 104 Å². The van der Waals surface area contributed by atoms with E-state index in [-0.39, 0.29) is 17.8 Å². The zero-order valence-electron chi connectivity index (χ0n) is 11.3. The normalized spacial score (nSPS) is 10.4. The fraction of sp³-hybridized carbons (Fsp3) is 0.846. The van der Waals surface area contributed by atoms with Crippen LogP contribution in [0.3, 0.4) is 0 Å². The number of unbranched alkanes of at least 4 members (excludes halogenated alkanes) is 2. The largest absolute Gasteiger partial charge is 0.469 e. The molecule has 0 aliphatic heterocycles. The number of nitrogens with one attached hydrogen (secondary N) is 1. The summed E-state index contributed by atoms with van der Waals surface area (Å²) in [5, 5.41) is 2.93. The van der Waals surface area contributed by atoms with Crippen molar-refractivity contribution in [2.24, 2.45) is 5.92 Å². The first kappa shape index (κ1) is 15.9. The highest BCUT2D eigenvalue weighted by Crippen LogP contribution is 2.07. The van der Waals surface area contributed by atoms with Gasteiger partial charge in [0.15, 0.2) is 0 Å². The minimum Gasteiger partial charge on any atom is -0.469 e. The van der Waals surface area contributed by atoms with E-state index in [1.54, 1.807) is 0 Å². The maximum atomic E-state index is 11.6. The summed E-state index contributed by atoms with van der Waals surface area (Å²) in [6, 6.07) is 0. The molecule has 0 unspecified atom stereocenters. The van der Waals surface area contributed by atoms with Crippen molar-refractivity contribution in [2.45, 2.75) is 52.4 Å². The average molecular weight is 243 g/mol. The van der Waals surface area contributed by atoms with Crippen LogP contribution < -0.4 is 5.32 Å². The molecule has 1 N–H and O–H groups in total.